The Morgan fingerprint density at radius 2 is 2.22 bits per heavy atom. The Morgan fingerprint density at radius 3 is 2.33 bits per heavy atom. The predicted molar refractivity (Wildman–Crippen MR) is 40.3 cm³/mol. The topological polar surface area (TPSA) is 9.23 Å². The lowest BCUT2D eigenvalue weighted by Gasteiger charge is -1.99. The largest absolute Gasteiger partial charge is 0.495 e. The molecular weight excluding hydrogens is 136 g/mol. The molecule has 0 saturated carbocycles. The Bertz CT molecular complexity index is 147. The minimum Gasteiger partial charge on any atom is -0.495 e. The molecule has 0 heterocycles. The fourth-order valence-electron chi connectivity index (χ4n) is 0.376. The van der Waals surface area contributed by atoms with Gasteiger partial charge in [-0.25, -0.2) is 0 Å². The normalized spacial score (nSPS) is 10.7. The molecule has 0 aromatic rings. The van der Waals surface area contributed by atoms with E-state index in [2.05, 4.69) is 13.2 Å². The van der Waals surface area contributed by atoms with Crippen LogP contribution in [0.3, 0.4) is 0 Å². The summed E-state index contributed by atoms with van der Waals surface area (Å²) in [5.74, 6) is 0.548. The highest BCUT2D eigenvalue weighted by Crippen LogP contribution is 2.11. The SMILES string of the molecule is C=C/C=C(/OC)C(=C)Cl. The lowest BCUT2D eigenvalue weighted by atomic mass is 10.4. The molecule has 0 unspecified atom stereocenters. The molecule has 0 bridgehead atoms. The first-order chi connectivity index (χ1) is 4.22. The lowest BCUT2D eigenvalue weighted by molar-refractivity contribution is 0.305. The molecule has 0 N–H and O–H groups in total. The van der Waals surface area contributed by atoms with E-state index in [0.717, 1.165) is 0 Å². The second kappa shape index (κ2) is 4.21. The molecule has 0 aliphatic rings. The summed E-state index contributed by atoms with van der Waals surface area (Å²) in [5, 5.41) is 0.386. The molecule has 2 heteroatoms. The van der Waals surface area contributed by atoms with E-state index in [9.17, 15) is 0 Å². The van der Waals surface area contributed by atoms with Crippen molar-refractivity contribution in [3.05, 3.63) is 36.1 Å². The highest BCUT2D eigenvalue weighted by atomic mass is 35.5. The van der Waals surface area contributed by atoms with E-state index >= 15 is 0 Å². The Kier molecular flexibility index (Phi) is 3.89. The number of methoxy groups -OCH3 is 1. The second-order valence-corrected chi connectivity index (χ2v) is 1.83. The maximum atomic E-state index is 5.49. The van der Waals surface area contributed by atoms with Gasteiger partial charge in [-0.15, -0.1) is 0 Å². The summed E-state index contributed by atoms with van der Waals surface area (Å²) < 4.78 is 4.81. The molecule has 0 rings (SSSR count). The summed E-state index contributed by atoms with van der Waals surface area (Å²) in [6.07, 6.45) is 3.24. The number of allylic oxidation sites excluding steroid dienone is 3. The average molecular weight is 145 g/mol. The van der Waals surface area contributed by atoms with Gasteiger partial charge < -0.3 is 4.74 Å². The van der Waals surface area contributed by atoms with E-state index in [1.807, 2.05) is 0 Å². The van der Waals surface area contributed by atoms with Crippen LogP contribution in [0.5, 0.6) is 0 Å². The molecular formula is C7H9ClO. The lowest BCUT2D eigenvalue weighted by Crippen LogP contribution is -1.83. The zero-order valence-electron chi connectivity index (χ0n) is 5.36. The maximum Gasteiger partial charge on any atom is 0.136 e. The number of ether oxygens (including phenoxy) is 1. The van der Waals surface area contributed by atoms with Gasteiger partial charge in [0.25, 0.3) is 0 Å². The van der Waals surface area contributed by atoms with Gasteiger partial charge in [-0.2, -0.15) is 0 Å². The number of rotatable bonds is 3. The molecule has 0 aromatic heterocycles. The van der Waals surface area contributed by atoms with E-state index < -0.39 is 0 Å². The third-order valence-corrected chi connectivity index (χ3v) is 0.943. The standard InChI is InChI=1S/C7H9ClO/c1-4-5-7(9-3)6(2)8/h4-5H,1-2H2,3H3/b7-5+. The number of hydrogen-bond acceptors (Lipinski definition) is 1. The van der Waals surface area contributed by atoms with Crippen LogP contribution in [-0.4, -0.2) is 7.11 Å². The van der Waals surface area contributed by atoms with Crippen molar-refractivity contribution in [1.82, 2.24) is 0 Å². The van der Waals surface area contributed by atoms with Crippen molar-refractivity contribution in [3.63, 3.8) is 0 Å². The average Bonchev–Trinajstić information content (AvgIpc) is 1.82. The zero-order valence-corrected chi connectivity index (χ0v) is 6.11. The predicted octanol–water partition coefficient (Wildman–Crippen LogP) is 2.46. The first kappa shape index (κ1) is 8.31. The van der Waals surface area contributed by atoms with Crippen LogP contribution in [-0.2, 0) is 4.74 Å². The van der Waals surface area contributed by atoms with Crippen molar-refractivity contribution in [2.45, 2.75) is 0 Å². The molecule has 0 radical (unpaired) electrons. The van der Waals surface area contributed by atoms with Crippen LogP contribution in [0.25, 0.3) is 0 Å². The summed E-state index contributed by atoms with van der Waals surface area (Å²) in [7, 11) is 1.53. The molecule has 0 aromatic carbocycles. The van der Waals surface area contributed by atoms with Crippen LogP contribution in [0.15, 0.2) is 36.1 Å². The van der Waals surface area contributed by atoms with Gasteiger partial charge in [0.1, 0.15) is 5.76 Å². The van der Waals surface area contributed by atoms with Crippen molar-refractivity contribution in [2.75, 3.05) is 7.11 Å². The van der Waals surface area contributed by atoms with E-state index in [4.69, 9.17) is 16.3 Å². The van der Waals surface area contributed by atoms with E-state index in [1.54, 1.807) is 12.2 Å². The van der Waals surface area contributed by atoms with Crippen LogP contribution in [0.2, 0.25) is 0 Å². The third-order valence-electron chi connectivity index (χ3n) is 0.757. The third kappa shape index (κ3) is 2.98. The van der Waals surface area contributed by atoms with Gasteiger partial charge in [0.05, 0.1) is 12.1 Å². The molecule has 0 atom stereocenters. The zero-order chi connectivity index (χ0) is 7.28. The first-order valence-electron chi connectivity index (χ1n) is 2.44. The van der Waals surface area contributed by atoms with E-state index in [1.165, 1.54) is 7.11 Å². The van der Waals surface area contributed by atoms with Gasteiger partial charge in [0.2, 0.25) is 0 Å². The molecule has 0 saturated heterocycles. The summed E-state index contributed by atoms with van der Waals surface area (Å²) in [4.78, 5) is 0. The van der Waals surface area contributed by atoms with Crippen molar-refractivity contribution >= 4 is 11.6 Å². The quantitative estimate of drug-likeness (QED) is 0.437. The minimum atomic E-state index is 0.386. The van der Waals surface area contributed by atoms with Gasteiger partial charge in [-0.3, -0.25) is 0 Å². The molecule has 1 nitrogen and oxygen atoms in total. The molecule has 0 amide bonds. The summed E-state index contributed by atoms with van der Waals surface area (Å²) in [6, 6.07) is 0. The Labute approximate surface area is 60.3 Å². The van der Waals surface area contributed by atoms with Crippen molar-refractivity contribution in [2.24, 2.45) is 0 Å². The van der Waals surface area contributed by atoms with Gasteiger partial charge in [0.15, 0.2) is 0 Å². The highest BCUT2D eigenvalue weighted by molar-refractivity contribution is 6.31. The van der Waals surface area contributed by atoms with Crippen LogP contribution < -0.4 is 0 Å². The Hall–Kier alpha value is -0.690. The first-order valence-corrected chi connectivity index (χ1v) is 2.81. The summed E-state index contributed by atoms with van der Waals surface area (Å²) in [5.41, 5.74) is 0. The fourth-order valence-corrected chi connectivity index (χ4v) is 0.516. The number of hydrogen-bond donors (Lipinski definition) is 0. The maximum absolute atomic E-state index is 5.49. The van der Waals surface area contributed by atoms with Gasteiger partial charge in [-0.05, 0) is 6.08 Å². The van der Waals surface area contributed by atoms with Crippen molar-refractivity contribution in [1.29, 1.82) is 0 Å². The summed E-state index contributed by atoms with van der Waals surface area (Å²) >= 11 is 5.49. The van der Waals surface area contributed by atoms with Crippen LogP contribution in [0, 0.1) is 0 Å². The van der Waals surface area contributed by atoms with Gasteiger partial charge in [0, 0.05) is 0 Å². The van der Waals surface area contributed by atoms with Crippen molar-refractivity contribution in [3.8, 4) is 0 Å². The Morgan fingerprint density at radius 1 is 1.67 bits per heavy atom. The molecule has 0 spiro atoms. The smallest absolute Gasteiger partial charge is 0.136 e. The number of halogens is 1. The van der Waals surface area contributed by atoms with Crippen LogP contribution in [0.1, 0.15) is 0 Å². The minimum absolute atomic E-state index is 0.386. The van der Waals surface area contributed by atoms with Crippen LogP contribution in [0.4, 0.5) is 0 Å². The van der Waals surface area contributed by atoms with Gasteiger partial charge >= 0.3 is 0 Å². The fraction of sp³-hybridized carbons (Fsp3) is 0.143. The van der Waals surface area contributed by atoms with Gasteiger partial charge in [-0.1, -0.05) is 30.8 Å². The second-order valence-electron chi connectivity index (χ2n) is 1.38. The molecule has 0 aliphatic carbocycles. The Balaban J connectivity index is 4.14. The van der Waals surface area contributed by atoms with Crippen LogP contribution >= 0.6 is 11.6 Å². The molecule has 9 heavy (non-hydrogen) atoms. The highest BCUT2D eigenvalue weighted by Gasteiger charge is 1.93. The van der Waals surface area contributed by atoms with E-state index in [-0.39, 0.29) is 0 Å². The van der Waals surface area contributed by atoms with Crippen molar-refractivity contribution < 1.29 is 4.74 Å². The monoisotopic (exact) mass is 144 g/mol. The molecule has 50 valence electrons. The van der Waals surface area contributed by atoms with E-state index in [0.29, 0.717) is 10.8 Å². The molecule has 0 fully saturated rings. The molecule has 0 aliphatic heterocycles. The summed E-state index contributed by atoms with van der Waals surface area (Å²) in [6.45, 7) is 6.94.